The van der Waals surface area contributed by atoms with E-state index in [1.165, 1.54) is 21.5 Å². The zero-order valence-corrected chi connectivity index (χ0v) is 23.0. The molecule has 3 aromatic heterocycles. The van der Waals surface area contributed by atoms with Crippen LogP contribution in [0.1, 0.15) is 131 Å². The first-order valence-corrected chi connectivity index (χ1v) is 13.9. The van der Waals surface area contributed by atoms with E-state index in [9.17, 15) is 0 Å². The second-order valence-corrected chi connectivity index (χ2v) is 12.3. The highest BCUT2D eigenvalue weighted by Gasteiger charge is 2.30. The summed E-state index contributed by atoms with van der Waals surface area (Å²) in [7, 11) is 0. The van der Waals surface area contributed by atoms with Gasteiger partial charge in [0.25, 0.3) is 0 Å². The standard InChI is InChI=1S/C23H36N6S3/c1-13(2)18-17(26-32-27-18)11-12-23(7,8)22-21(31-29-25-22)16(6)10-9-15(5)20-19(14(3)4)24-28-30-20/h13-16H,9-12H2,1-8H3. The van der Waals surface area contributed by atoms with Crippen LogP contribution in [-0.4, -0.2) is 27.9 Å². The lowest BCUT2D eigenvalue weighted by atomic mass is 9.80. The third-order valence-corrected chi connectivity index (χ3v) is 8.80. The highest BCUT2D eigenvalue weighted by molar-refractivity contribution is 7.06. The van der Waals surface area contributed by atoms with Gasteiger partial charge in [-0.25, -0.2) is 0 Å². The highest BCUT2D eigenvalue weighted by Crippen LogP contribution is 2.39. The summed E-state index contributed by atoms with van der Waals surface area (Å²) >= 11 is 4.45. The zero-order chi connectivity index (χ0) is 23.5. The van der Waals surface area contributed by atoms with Gasteiger partial charge in [0.1, 0.15) is 0 Å². The van der Waals surface area contributed by atoms with Crippen LogP contribution in [0.5, 0.6) is 0 Å². The molecule has 3 aromatic rings. The van der Waals surface area contributed by atoms with Crippen molar-refractivity contribution in [2.24, 2.45) is 0 Å². The Morgan fingerprint density at radius 2 is 1.34 bits per heavy atom. The molecule has 2 unspecified atom stereocenters. The molecule has 0 N–H and O–H groups in total. The van der Waals surface area contributed by atoms with Crippen LogP contribution in [0.4, 0.5) is 0 Å². The Hall–Kier alpha value is -1.32. The maximum atomic E-state index is 4.60. The zero-order valence-electron chi connectivity index (χ0n) is 20.5. The Kier molecular flexibility index (Phi) is 8.49. The molecule has 0 fully saturated rings. The van der Waals surface area contributed by atoms with Gasteiger partial charge in [-0.1, -0.05) is 64.4 Å². The predicted molar refractivity (Wildman–Crippen MR) is 135 cm³/mol. The SMILES string of the molecule is CC(C)c1nsnc1CCC(C)(C)c1nnsc1C(C)CCC(C)c1snnc1C(C)C. The summed E-state index contributed by atoms with van der Waals surface area (Å²) in [6, 6.07) is 0. The molecule has 176 valence electrons. The van der Waals surface area contributed by atoms with Crippen LogP contribution in [0, 0.1) is 0 Å². The number of hydrogen-bond acceptors (Lipinski definition) is 9. The van der Waals surface area contributed by atoms with Crippen molar-refractivity contribution >= 4 is 34.8 Å². The summed E-state index contributed by atoms with van der Waals surface area (Å²) in [6.45, 7) is 17.9. The summed E-state index contributed by atoms with van der Waals surface area (Å²) in [4.78, 5) is 2.67. The van der Waals surface area contributed by atoms with E-state index in [4.69, 9.17) is 0 Å². The van der Waals surface area contributed by atoms with Gasteiger partial charge in [-0.15, -0.1) is 10.2 Å². The molecule has 2 atom stereocenters. The minimum Gasteiger partial charge on any atom is -0.178 e. The van der Waals surface area contributed by atoms with E-state index in [1.807, 2.05) is 0 Å². The van der Waals surface area contributed by atoms with Gasteiger partial charge in [-0.2, -0.15) is 8.75 Å². The molecular weight excluding hydrogens is 456 g/mol. The van der Waals surface area contributed by atoms with Crippen molar-refractivity contribution in [2.45, 2.75) is 110 Å². The number of nitrogens with zero attached hydrogens (tertiary/aromatic N) is 6. The molecule has 3 heterocycles. The van der Waals surface area contributed by atoms with Crippen LogP contribution >= 0.6 is 34.8 Å². The van der Waals surface area contributed by atoms with Crippen LogP contribution in [0.2, 0.25) is 0 Å². The fourth-order valence-corrected chi connectivity index (χ4v) is 6.60. The number of aryl methyl sites for hydroxylation is 1. The Morgan fingerprint density at radius 1 is 0.750 bits per heavy atom. The third kappa shape index (κ3) is 5.78. The first kappa shape index (κ1) is 25.3. The topological polar surface area (TPSA) is 77.3 Å². The molecule has 32 heavy (non-hydrogen) atoms. The fourth-order valence-electron chi connectivity index (χ4n) is 4.07. The van der Waals surface area contributed by atoms with E-state index in [2.05, 4.69) is 83.3 Å². The molecule has 0 aromatic carbocycles. The molecule has 0 saturated heterocycles. The fraction of sp³-hybridized carbons (Fsp3) is 0.739. The van der Waals surface area contributed by atoms with Crippen molar-refractivity contribution < 1.29 is 0 Å². The average Bonchev–Trinajstić information content (AvgIpc) is 3.49. The van der Waals surface area contributed by atoms with E-state index in [1.54, 1.807) is 23.1 Å². The molecule has 0 aliphatic carbocycles. The van der Waals surface area contributed by atoms with E-state index >= 15 is 0 Å². The first-order valence-electron chi connectivity index (χ1n) is 11.6. The van der Waals surface area contributed by atoms with Gasteiger partial charge in [0.05, 0.1) is 44.3 Å². The molecule has 0 aliphatic heterocycles. The Morgan fingerprint density at radius 3 is 2.00 bits per heavy atom. The molecule has 9 heteroatoms. The summed E-state index contributed by atoms with van der Waals surface area (Å²) < 4.78 is 17.6. The monoisotopic (exact) mass is 492 g/mol. The summed E-state index contributed by atoms with van der Waals surface area (Å²) in [5, 5.41) is 8.96. The normalized spacial score (nSPS) is 14.4. The quantitative estimate of drug-likeness (QED) is 0.284. The van der Waals surface area contributed by atoms with Crippen LogP contribution in [0.3, 0.4) is 0 Å². The lowest BCUT2D eigenvalue weighted by Gasteiger charge is -2.25. The highest BCUT2D eigenvalue weighted by atomic mass is 32.1. The van der Waals surface area contributed by atoms with Gasteiger partial charge in [0.2, 0.25) is 0 Å². The minimum atomic E-state index is -0.0491. The van der Waals surface area contributed by atoms with Gasteiger partial charge in [0.15, 0.2) is 0 Å². The van der Waals surface area contributed by atoms with Crippen LogP contribution < -0.4 is 0 Å². The Labute approximate surface area is 204 Å². The number of aromatic nitrogens is 6. The molecule has 0 aliphatic rings. The summed E-state index contributed by atoms with van der Waals surface area (Å²) in [6.07, 6.45) is 4.14. The van der Waals surface area contributed by atoms with E-state index in [-0.39, 0.29) is 5.41 Å². The lowest BCUT2D eigenvalue weighted by molar-refractivity contribution is 0.452. The average molecular weight is 493 g/mol. The van der Waals surface area contributed by atoms with E-state index in [0.717, 1.165) is 48.5 Å². The van der Waals surface area contributed by atoms with Crippen molar-refractivity contribution in [3.63, 3.8) is 0 Å². The van der Waals surface area contributed by atoms with Gasteiger partial charge in [-0.3, -0.25) is 0 Å². The number of rotatable bonds is 11. The molecule has 0 radical (unpaired) electrons. The minimum absolute atomic E-state index is 0.0491. The van der Waals surface area contributed by atoms with Crippen molar-refractivity contribution in [3.05, 3.63) is 32.5 Å². The summed E-state index contributed by atoms with van der Waals surface area (Å²) in [5.74, 6) is 1.74. The van der Waals surface area contributed by atoms with Crippen molar-refractivity contribution in [1.82, 2.24) is 27.9 Å². The van der Waals surface area contributed by atoms with Crippen LogP contribution in [0.25, 0.3) is 0 Å². The van der Waals surface area contributed by atoms with Crippen molar-refractivity contribution in [2.75, 3.05) is 0 Å². The van der Waals surface area contributed by atoms with Crippen LogP contribution in [0.15, 0.2) is 0 Å². The molecule has 3 rings (SSSR count). The summed E-state index contributed by atoms with van der Waals surface area (Å²) in [5.41, 5.74) is 4.55. The molecule has 0 bridgehead atoms. The molecule has 0 saturated carbocycles. The van der Waals surface area contributed by atoms with Gasteiger partial charge < -0.3 is 0 Å². The van der Waals surface area contributed by atoms with E-state index in [0.29, 0.717) is 23.7 Å². The van der Waals surface area contributed by atoms with Crippen molar-refractivity contribution in [3.8, 4) is 0 Å². The van der Waals surface area contributed by atoms with Gasteiger partial charge in [0, 0.05) is 5.41 Å². The third-order valence-electron chi connectivity index (χ3n) is 6.29. The molecule has 0 spiro atoms. The molecular formula is C23H36N6S3. The van der Waals surface area contributed by atoms with Crippen molar-refractivity contribution in [1.29, 1.82) is 0 Å². The van der Waals surface area contributed by atoms with E-state index < -0.39 is 0 Å². The predicted octanol–water partition coefficient (Wildman–Crippen LogP) is 7.09. The largest absolute Gasteiger partial charge is 0.178 e. The second-order valence-electron chi connectivity index (χ2n) is 10.2. The second kappa shape index (κ2) is 10.7. The lowest BCUT2D eigenvalue weighted by Crippen LogP contribution is -2.21. The first-order chi connectivity index (χ1) is 15.1. The smallest absolute Gasteiger partial charge is 0.0846 e. The maximum Gasteiger partial charge on any atom is 0.0846 e. The van der Waals surface area contributed by atoms with Gasteiger partial charge in [-0.05, 0) is 72.4 Å². The maximum absolute atomic E-state index is 4.60. The Balaban J connectivity index is 1.65. The van der Waals surface area contributed by atoms with Crippen LogP contribution in [-0.2, 0) is 11.8 Å². The molecule has 0 amide bonds. The number of hydrogen-bond donors (Lipinski definition) is 0. The van der Waals surface area contributed by atoms with Gasteiger partial charge >= 0.3 is 0 Å². The Bertz CT molecular complexity index is 987. The molecule has 6 nitrogen and oxygen atoms in total.